The molecule has 0 aliphatic carbocycles. The smallest absolute Gasteiger partial charge is 0.404 e. The van der Waals surface area contributed by atoms with Crippen molar-refractivity contribution in [2.75, 3.05) is 7.11 Å². The molecule has 0 saturated heterocycles. The first-order valence-electron chi connectivity index (χ1n) is 11.5. The summed E-state index contributed by atoms with van der Waals surface area (Å²) in [4.78, 5) is 12.9. The van der Waals surface area contributed by atoms with Crippen LogP contribution < -0.4 is 0 Å². The summed E-state index contributed by atoms with van der Waals surface area (Å²) < 4.78 is 44.8. The van der Waals surface area contributed by atoms with Gasteiger partial charge < -0.3 is 30.4 Å². The molecule has 0 saturated carbocycles. The highest BCUT2D eigenvalue weighted by molar-refractivity contribution is 6.84. The topological polar surface area (TPSA) is 81.7 Å². The van der Waals surface area contributed by atoms with Gasteiger partial charge in [0.05, 0.1) is 0 Å². The van der Waals surface area contributed by atoms with E-state index in [9.17, 15) is 4.79 Å². The molecule has 0 aromatic heterocycles. The fourth-order valence-corrected chi connectivity index (χ4v) is 15.5. The third-order valence-electron chi connectivity index (χ3n) is 3.82. The standard InChI is InChI=1S/C19H49O8Si6/c1-15-16-18(17-20,19(21-2,23-29(3,4)5)24-30(6,7)8)22-33(25-28,26-31(9,10)11)27-32(12,13)14/h15-16H2,1-14,28H3. The second-order valence-corrected chi connectivity index (χ2v) is 33.9. The Morgan fingerprint density at radius 2 is 1.12 bits per heavy atom. The van der Waals surface area contributed by atoms with Gasteiger partial charge in [-0.3, -0.25) is 4.79 Å². The Hall–Kier alpha value is 0.691. The summed E-state index contributed by atoms with van der Waals surface area (Å²) in [6.07, 6.45) is 2.99. The van der Waals surface area contributed by atoms with Crippen molar-refractivity contribution in [2.45, 2.75) is 110 Å². The molecule has 0 aliphatic rings. The summed E-state index contributed by atoms with van der Waals surface area (Å²) in [7, 11) is -11.1. The molecule has 1 radical (unpaired) electrons. The van der Waals surface area contributed by atoms with E-state index >= 15 is 0 Å². The maximum atomic E-state index is 12.9. The van der Waals surface area contributed by atoms with Crippen LogP contribution in [0.5, 0.6) is 0 Å². The van der Waals surface area contributed by atoms with E-state index in [4.69, 9.17) is 30.4 Å². The highest BCUT2D eigenvalue weighted by atomic mass is 28.5. The number of hydrogen-bond donors (Lipinski definition) is 0. The second kappa shape index (κ2) is 11.8. The first-order valence-corrected chi connectivity index (χ1v) is 27.6. The van der Waals surface area contributed by atoms with E-state index in [1.807, 2.05) is 85.5 Å². The van der Waals surface area contributed by atoms with Crippen molar-refractivity contribution in [3.05, 3.63) is 0 Å². The van der Waals surface area contributed by atoms with E-state index in [1.165, 1.54) is 7.11 Å². The maximum Gasteiger partial charge on any atom is 0.648 e. The van der Waals surface area contributed by atoms with Crippen LogP contribution in [0.4, 0.5) is 0 Å². The quantitative estimate of drug-likeness (QED) is 0.202. The molecule has 0 spiro atoms. The van der Waals surface area contributed by atoms with Gasteiger partial charge in [-0.2, -0.15) is 0 Å². The third-order valence-corrected chi connectivity index (χ3v) is 15.1. The van der Waals surface area contributed by atoms with Crippen molar-refractivity contribution >= 4 is 59.1 Å². The van der Waals surface area contributed by atoms with Gasteiger partial charge >= 0.3 is 15.0 Å². The molecule has 0 heterocycles. The van der Waals surface area contributed by atoms with Crippen molar-refractivity contribution in [1.82, 2.24) is 0 Å². The summed E-state index contributed by atoms with van der Waals surface area (Å²) in [5.74, 6) is -1.80. The first-order chi connectivity index (χ1) is 14.5. The van der Waals surface area contributed by atoms with Gasteiger partial charge in [0.15, 0.2) is 33.3 Å². The molecular formula is C19H49O8Si6. The summed E-state index contributed by atoms with van der Waals surface area (Å²) in [5, 5.41) is 0. The molecule has 0 N–H and O–H groups in total. The van der Waals surface area contributed by atoms with Crippen LogP contribution in [0.2, 0.25) is 78.6 Å². The lowest BCUT2D eigenvalue weighted by molar-refractivity contribution is -0.362. The monoisotopic (exact) mass is 573 g/mol. The lowest BCUT2D eigenvalue weighted by atomic mass is 9.97. The maximum absolute atomic E-state index is 12.9. The third kappa shape index (κ3) is 11.1. The van der Waals surface area contributed by atoms with Crippen LogP contribution in [0, 0.1) is 0 Å². The zero-order valence-corrected chi connectivity index (χ0v) is 30.7. The number of ether oxygens (including phenoxy) is 1. The Morgan fingerprint density at radius 1 is 0.727 bits per heavy atom. The molecule has 0 aromatic rings. The predicted octanol–water partition coefficient (Wildman–Crippen LogP) is 4.09. The highest BCUT2D eigenvalue weighted by Gasteiger charge is 2.66. The molecule has 1 atom stereocenters. The molecular weight excluding hydrogens is 525 g/mol. The SMILES string of the molecule is CCCC([C]=O)(O[Si](O[SiH3])(O[Si](C)(C)C)O[Si](C)(C)C)C(OC)(O[Si](C)(C)C)O[Si](C)(C)C. The highest BCUT2D eigenvalue weighted by Crippen LogP contribution is 2.42. The van der Waals surface area contributed by atoms with Gasteiger partial charge in [0, 0.05) is 7.11 Å². The van der Waals surface area contributed by atoms with Crippen LogP contribution >= 0.6 is 0 Å². The molecule has 0 fully saturated rings. The first kappa shape index (κ1) is 33.7. The molecule has 0 amide bonds. The molecule has 1 unspecified atom stereocenters. The average Bonchev–Trinajstić information content (AvgIpc) is 2.54. The Morgan fingerprint density at radius 3 is 1.33 bits per heavy atom. The van der Waals surface area contributed by atoms with Gasteiger partial charge in [-0.1, -0.05) is 13.3 Å². The van der Waals surface area contributed by atoms with Gasteiger partial charge in [0.25, 0.3) is 0 Å². The number of rotatable bonds is 16. The number of methoxy groups -OCH3 is 1. The van der Waals surface area contributed by atoms with Crippen LogP contribution in [0.3, 0.4) is 0 Å². The fraction of sp³-hybridized carbons (Fsp3) is 0.947. The molecule has 14 heteroatoms. The van der Waals surface area contributed by atoms with E-state index in [2.05, 4.69) is 6.29 Å². The van der Waals surface area contributed by atoms with Gasteiger partial charge in [0.1, 0.15) is 10.5 Å². The lowest BCUT2D eigenvalue weighted by Gasteiger charge is -2.52. The summed E-state index contributed by atoms with van der Waals surface area (Å²) >= 11 is 0. The van der Waals surface area contributed by atoms with Crippen molar-refractivity contribution in [3.63, 3.8) is 0 Å². The molecule has 33 heavy (non-hydrogen) atoms. The van der Waals surface area contributed by atoms with Crippen molar-refractivity contribution in [3.8, 4) is 0 Å². The van der Waals surface area contributed by atoms with Crippen LogP contribution in [0.25, 0.3) is 0 Å². The van der Waals surface area contributed by atoms with E-state index in [1.54, 1.807) is 0 Å². The minimum Gasteiger partial charge on any atom is -0.404 e. The fourth-order valence-electron chi connectivity index (χ4n) is 3.14. The number of carbonyl (C=O) groups excluding carboxylic acids is 1. The van der Waals surface area contributed by atoms with Crippen LogP contribution in [0.1, 0.15) is 19.8 Å². The Bertz CT molecular complexity index is 592. The van der Waals surface area contributed by atoms with Crippen LogP contribution in [0.15, 0.2) is 0 Å². The van der Waals surface area contributed by atoms with E-state index in [0.29, 0.717) is 16.9 Å². The molecule has 0 rings (SSSR count). The predicted molar refractivity (Wildman–Crippen MR) is 149 cm³/mol. The summed E-state index contributed by atoms with van der Waals surface area (Å²) in [6, 6.07) is 0. The zero-order valence-electron chi connectivity index (χ0n) is 23.7. The Balaban J connectivity index is 7.12. The zero-order chi connectivity index (χ0) is 26.6. The minimum absolute atomic E-state index is 0.239. The molecule has 0 aromatic carbocycles. The molecule has 197 valence electrons. The van der Waals surface area contributed by atoms with E-state index in [-0.39, 0.29) is 6.42 Å². The molecule has 8 nitrogen and oxygen atoms in total. The lowest BCUT2D eigenvalue weighted by Crippen LogP contribution is -2.72. The van der Waals surface area contributed by atoms with Crippen molar-refractivity contribution in [2.24, 2.45) is 0 Å². The summed E-state index contributed by atoms with van der Waals surface area (Å²) in [6.45, 7) is 26.3. The number of hydrogen-bond acceptors (Lipinski definition) is 8. The largest absolute Gasteiger partial charge is 0.648 e. The van der Waals surface area contributed by atoms with Gasteiger partial charge in [-0.25, -0.2) is 0 Å². The van der Waals surface area contributed by atoms with Gasteiger partial charge in [-0.05, 0) is 85.0 Å². The average molecular weight is 574 g/mol. The normalized spacial score (nSPS) is 16.7. The van der Waals surface area contributed by atoms with Gasteiger partial charge in [0.2, 0.25) is 11.9 Å². The van der Waals surface area contributed by atoms with Crippen LogP contribution in [-0.2, 0) is 35.2 Å². The van der Waals surface area contributed by atoms with Crippen molar-refractivity contribution in [1.29, 1.82) is 0 Å². The second-order valence-electron chi connectivity index (χ2n) is 12.1. The van der Waals surface area contributed by atoms with Crippen molar-refractivity contribution < 1.29 is 35.2 Å². The molecule has 0 aliphatic heterocycles. The van der Waals surface area contributed by atoms with Crippen LogP contribution in [-0.4, -0.2) is 77.8 Å². The Labute approximate surface area is 210 Å². The molecule has 0 bridgehead atoms. The minimum atomic E-state index is -3.80. The summed E-state index contributed by atoms with van der Waals surface area (Å²) in [5.41, 5.74) is -1.76. The van der Waals surface area contributed by atoms with E-state index in [0.717, 1.165) is 0 Å². The van der Waals surface area contributed by atoms with E-state index < -0.39 is 53.9 Å². The van der Waals surface area contributed by atoms with Gasteiger partial charge in [-0.15, -0.1) is 0 Å². The Kier molecular flexibility index (Phi) is 12.1.